The summed E-state index contributed by atoms with van der Waals surface area (Å²) in [6.45, 7) is 4.04. The largest absolute Gasteiger partial charge is 0.496 e. The van der Waals surface area contributed by atoms with Crippen LogP contribution < -0.4 is 19.5 Å². The molecule has 5 nitrogen and oxygen atoms in total. The molecule has 1 heterocycles. The van der Waals surface area contributed by atoms with Crippen LogP contribution in [0.25, 0.3) is 0 Å². The molecular formula is C23H26N2O3. The predicted molar refractivity (Wildman–Crippen MR) is 110 cm³/mol. The molecule has 0 saturated carbocycles. The second kappa shape index (κ2) is 10.3. The van der Waals surface area contributed by atoms with Crippen molar-refractivity contribution in [3.63, 3.8) is 0 Å². The summed E-state index contributed by atoms with van der Waals surface area (Å²) >= 11 is 0. The van der Waals surface area contributed by atoms with Crippen LogP contribution in [0, 0.1) is 0 Å². The lowest BCUT2D eigenvalue weighted by Gasteiger charge is -2.14. The number of hydrogen-bond acceptors (Lipinski definition) is 5. The molecule has 0 bridgehead atoms. The Labute approximate surface area is 166 Å². The van der Waals surface area contributed by atoms with Gasteiger partial charge in [-0.05, 0) is 30.7 Å². The molecule has 0 amide bonds. The van der Waals surface area contributed by atoms with Crippen molar-refractivity contribution in [3.05, 3.63) is 78.0 Å². The van der Waals surface area contributed by atoms with Crippen LogP contribution in [0.3, 0.4) is 0 Å². The number of ether oxygens (including phenoxy) is 3. The first-order chi connectivity index (χ1) is 13.8. The third-order valence-electron chi connectivity index (χ3n) is 4.19. The molecule has 1 N–H and O–H groups in total. The van der Waals surface area contributed by atoms with Crippen LogP contribution >= 0.6 is 0 Å². The smallest absolute Gasteiger partial charge is 0.223 e. The molecule has 0 spiro atoms. The lowest BCUT2D eigenvalue weighted by Crippen LogP contribution is -2.14. The van der Waals surface area contributed by atoms with Gasteiger partial charge in [0.1, 0.15) is 5.75 Å². The maximum absolute atomic E-state index is 6.08. The Kier molecular flexibility index (Phi) is 7.27. The number of methoxy groups -OCH3 is 1. The van der Waals surface area contributed by atoms with Gasteiger partial charge in [0.25, 0.3) is 0 Å². The second-order valence-corrected chi connectivity index (χ2v) is 6.28. The maximum Gasteiger partial charge on any atom is 0.223 e. The molecule has 3 rings (SSSR count). The number of hydrogen-bond donors (Lipinski definition) is 1. The Bertz CT molecular complexity index is 883. The lowest BCUT2D eigenvalue weighted by atomic mass is 10.2. The molecule has 0 aliphatic carbocycles. The Morgan fingerprint density at radius 2 is 1.50 bits per heavy atom. The highest BCUT2D eigenvalue weighted by Crippen LogP contribution is 2.32. The van der Waals surface area contributed by atoms with Crippen LogP contribution in [0.1, 0.15) is 24.5 Å². The second-order valence-electron chi connectivity index (χ2n) is 6.28. The van der Waals surface area contributed by atoms with Gasteiger partial charge in [0, 0.05) is 30.4 Å². The van der Waals surface area contributed by atoms with E-state index >= 15 is 0 Å². The van der Waals surface area contributed by atoms with Gasteiger partial charge in [-0.1, -0.05) is 43.3 Å². The number of aromatic nitrogens is 1. The first-order valence-electron chi connectivity index (χ1n) is 9.48. The van der Waals surface area contributed by atoms with Crippen molar-refractivity contribution in [1.82, 2.24) is 10.3 Å². The van der Waals surface area contributed by atoms with E-state index in [1.54, 1.807) is 13.3 Å². The van der Waals surface area contributed by atoms with Crippen LogP contribution in [0.5, 0.6) is 23.1 Å². The van der Waals surface area contributed by atoms with Crippen LogP contribution in [0.2, 0.25) is 0 Å². The zero-order chi connectivity index (χ0) is 19.6. The highest BCUT2D eigenvalue weighted by Gasteiger charge is 2.10. The molecule has 5 heteroatoms. The van der Waals surface area contributed by atoms with Crippen molar-refractivity contribution in [2.24, 2.45) is 0 Å². The van der Waals surface area contributed by atoms with E-state index in [9.17, 15) is 0 Å². The van der Waals surface area contributed by atoms with E-state index in [0.717, 1.165) is 29.0 Å². The standard InChI is InChI=1S/C23H26N2O3/c1-3-15-27-21-12-6-7-13-22(21)28-23-19(10-8-14-25-23)17-24-16-18-9-4-5-11-20(18)26-2/h4-14,24H,3,15-17H2,1-2H3. The molecule has 0 saturated heterocycles. The number of para-hydroxylation sites is 3. The Morgan fingerprint density at radius 3 is 2.29 bits per heavy atom. The van der Waals surface area contributed by atoms with Gasteiger partial charge in [0.15, 0.2) is 11.5 Å². The highest BCUT2D eigenvalue weighted by molar-refractivity contribution is 5.43. The van der Waals surface area contributed by atoms with Gasteiger partial charge in [-0.25, -0.2) is 4.98 Å². The van der Waals surface area contributed by atoms with Gasteiger partial charge in [0.2, 0.25) is 5.88 Å². The average molecular weight is 378 g/mol. The molecule has 0 radical (unpaired) electrons. The van der Waals surface area contributed by atoms with Crippen LogP contribution in [0.15, 0.2) is 66.9 Å². The summed E-state index contributed by atoms with van der Waals surface area (Å²) in [6, 6.07) is 19.6. The molecule has 3 aromatic rings. The van der Waals surface area contributed by atoms with Crippen LogP contribution in [-0.2, 0) is 13.1 Å². The number of nitrogens with one attached hydrogen (secondary N) is 1. The third kappa shape index (κ3) is 5.24. The zero-order valence-electron chi connectivity index (χ0n) is 16.4. The van der Waals surface area contributed by atoms with Gasteiger partial charge in [-0.2, -0.15) is 0 Å². The molecular weight excluding hydrogens is 352 g/mol. The van der Waals surface area contributed by atoms with Crippen molar-refractivity contribution in [1.29, 1.82) is 0 Å². The Balaban J connectivity index is 1.68. The quantitative estimate of drug-likeness (QED) is 0.540. The molecule has 146 valence electrons. The molecule has 1 aromatic heterocycles. The highest BCUT2D eigenvalue weighted by atomic mass is 16.5. The van der Waals surface area contributed by atoms with Gasteiger partial charge >= 0.3 is 0 Å². The van der Waals surface area contributed by atoms with Crippen molar-refractivity contribution < 1.29 is 14.2 Å². The minimum absolute atomic E-state index is 0.572. The number of nitrogens with zero attached hydrogens (tertiary/aromatic N) is 1. The van der Waals surface area contributed by atoms with Crippen molar-refractivity contribution in [2.75, 3.05) is 13.7 Å². The van der Waals surface area contributed by atoms with E-state index in [1.807, 2.05) is 60.7 Å². The zero-order valence-corrected chi connectivity index (χ0v) is 16.4. The van der Waals surface area contributed by atoms with E-state index < -0.39 is 0 Å². The number of pyridine rings is 1. The summed E-state index contributed by atoms with van der Waals surface area (Å²) in [5, 5.41) is 3.44. The summed E-state index contributed by atoms with van der Waals surface area (Å²) in [7, 11) is 1.68. The Hall–Kier alpha value is -3.05. The molecule has 0 aliphatic rings. The number of benzene rings is 2. The van der Waals surface area contributed by atoms with E-state index in [1.165, 1.54) is 0 Å². The van der Waals surface area contributed by atoms with E-state index in [2.05, 4.69) is 17.2 Å². The van der Waals surface area contributed by atoms with Crippen LogP contribution in [-0.4, -0.2) is 18.7 Å². The van der Waals surface area contributed by atoms with E-state index in [-0.39, 0.29) is 0 Å². The van der Waals surface area contributed by atoms with Crippen molar-refractivity contribution in [2.45, 2.75) is 26.4 Å². The van der Waals surface area contributed by atoms with Gasteiger partial charge in [-0.3, -0.25) is 0 Å². The summed E-state index contributed by atoms with van der Waals surface area (Å²) in [4.78, 5) is 4.41. The van der Waals surface area contributed by atoms with Crippen LogP contribution in [0.4, 0.5) is 0 Å². The third-order valence-corrected chi connectivity index (χ3v) is 4.19. The average Bonchev–Trinajstić information content (AvgIpc) is 2.74. The summed E-state index contributed by atoms with van der Waals surface area (Å²) < 4.78 is 17.3. The lowest BCUT2D eigenvalue weighted by molar-refractivity contribution is 0.300. The van der Waals surface area contributed by atoms with Crippen molar-refractivity contribution >= 4 is 0 Å². The van der Waals surface area contributed by atoms with E-state index in [4.69, 9.17) is 14.2 Å². The molecule has 2 aromatic carbocycles. The SMILES string of the molecule is CCCOc1ccccc1Oc1ncccc1CNCc1ccccc1OC. The molecule has 0 fully saturated rings. The van der Waals surface area contributed by atoms with Gasteiger partial charge in [-0.15, -0.1) is 0 Å². The topological polar surface area (TPSA) is 52.6 Å². The fourth-order valence-electron chi connectivity index (χ4n) is 2.80. The fraction of sp³-hybridized carbons (Fsp3) is 0.261. The monoisotopic (exact) mass is 378 g/mol. The first kappa shape index (κ1) is 19.7. The summed E-state index contributed by atoms with van der Waals surface area (Å²) in [6.07, 6.45) is 2.67. The maximum atomic E-state index is 6.08. The molecule has 28 heavy (non-hydrogen) atoms. The Morgan fingerprint density at radius 1 is 0.821 bits per heavy atom. The normalized spacial score (nSPS) is 10.5. The van der Waals surface area contributed by atoms with Gasteiger partial charge in [0.05, 0.1) is 13.7 Å². The number of rotatable bonds is 10. The van der Waals surface area contributed by atoms with Gasteiger partial charge < -0.3 is 19.5 Å². The minimum Gasteiger partial charge on any atom is -0.496 e. The molecule has 0 aliphatic heterocycles. The first-order valence-corrected chi connectivity index (χ1v) is 9.48. The molecule has 0 unspecified atom stereocenters. The summed E-state index contributed by atoms with van der Waals surface area (Å²) in [5.74, 6) is 2.84. The fourth-order valence-corrected chi connectivity index (χ4v) is 2.80. The minimum atomic E-state index is 0.572. The predicted octanol–water partition coefficient (Wildman–Crippen LogP) is 4.96. The molecule has 0 atom stereocenters. The van der Waals surface area contributed by atoms with Crippen molar-refractivity contribution in [3.8, 4) is 23.1 Å². The summed E-state index contributed by atoms with van der Waals surface area (Å²) in [5.41, 5.74) is 2.08. The van der Waals surface area contributed by atoms with E-state index in [0.29, 0.717) is 31.3 Å².